The molecular formula is C12H19FN2O. The molecule has 1 aromatic rings. The van der Waals surface area contributed by atoms with Gasteiger partial charge in [-0.1, -0.05) is 19.1 Å². The molecule has 1 unspecified atom stereocenters. The molecule has 0 saturated carbocycles. The number of halogens is 1. The summed E-state index contributed by atoms with van der Waals surface area (Å²) >= 11 is 0. The van der Waals surface area contributed by atoms with Crippen molar-refractivity contribution in [1.29, 1.82) is 0 Å². The maximum atomic E-state index is 12.9. The Hall–Kier alpha value is -0.970. The highest BCUT2D eigenvalue weighted by Gasteiger charge is 2.08. The molecule has 16 heavy (non-hydrogen) atoms. The fraction of sp³-hybridized carbons (Fsp3) is 0.500. The second-order valence-corrected chi connectivity index (χ2v) is 3.77. The zero-order valence-electron chi connectivity index (χ0n) is 9.58. The smallest absolute Gasteiger partial charge is 0.123 e. The lowest BCUT2D eigenvalue weighted by Crippen LogP contribution is -2.40. The molecule has 0 aromatic heterocycles. The molecule has 0 aliphatic carbocycles. The van der Waals surface area contributed by atoms with Gasteiger partial charge in [-0.2, -0.15) is 0 Å². The molecule has 1 atom stereocenters. The monoisotopic (exact) mass is 226 g/mol. The van der Waals surface area contributed by atoms with Gasteiger partial charge in [0.05, 0.1) is 6.61 Å². The van der Waals surface area contributed by atoms with E-state index >= 15 is 0 Å². The molecule has 0 heterocycles. The van der Waals surface area contributed by atoms with Crippen LogP contribution < -0.4 is 11.3 Å². The van der Waals surface area contributed by atoms with E-state index in [-0.39, 0.29) is 11.9 Å². The van der Waals surface area contributed by atoms with Crippen molar-refractivity contribution in [2.45, 2.75) is 25.8 Å². The summed E-state index contributed by atoms with van der Waals surface area (Å²) in [6.45, 7) is 3.32. The molecule has 0 spiro atoms. The largest absolute Gasteiger partial charge is 0.380 e. The van der Waals surface area contributed by atoms with Crippen molar-refractivity contribution in [1.82, 2.24) is 5.43 Å². The topological polar surface area (TPSA) is 47.3 Å². The number of benzene rings is 1. The van der Waals surface area contributed by atoms with Gasteiger partial charge in [-0.15, -0.1) is 0 Å². The Bertz CT molecular complexity index is 307. The van der Waals surface area contributed by atoms with E-state index in [1.54, 1.807) is 6.07 Å². The molecule has 0 aliphatic rings. The second-order valence-electron chi connectivity index (χ2n) is 3.77. The first kappa shape index (κ1) is 13.1. The van der Waals surface area contributed by atoms with Crippen LogP contribution in [0.4, 0.5) is 4.39 Å². The standard InChI is InChI=1S/C12H19FN2O/c1-2-6-16-9-12(15-14)8-10-4-3-5-11(13)7-10/h3-5,7,12,15H,2,6,8-9,14H2,1H3. The minimum absolute atomic E-state index is 0.0216. The third-order valence-corrected chi connectivity index (χ3v) is 2.27. The molecule has 0 bridgehead atoms. The summed E-state index contributed by atoms with van der Waals surface area (Å²) in [5, 5.41) is 0. The molecule has 0 amide bonds. The molecule has 3 N–H and O–H groups in total. The van der Waals surface area contributed by atoms with E-state index in [4.69, 9.17) is 10.6 Å². The van der Waals surface area contributed by atoms with Gasteiger partial charge >= 0.3 is 0 Å². The van der Waals surface area contributed by atoms with Crippen LogP contribution in [0.1, 0.15) is 18.9 Å². The maximum Gasteiger partial charge on any atom is 0.123 e. The fourth-order valence-electron chi connectivity index (χ4n) is 1.48. The Morgan fingerprint density at radius 2 is 2.31 bits per heavy atom. The van der Waals surface area contributed by atoms with Crippen LogP contribution in [0.5, 0.6) is 0 Å². The van der Waals surface area contributed by atoms with Crippen molar-refractivity contribution in [3.63, 3.8) is 0 Å². The molecule has 90 valence electrons. The van der Waals surface area contributed by atoms with E-state index in [1.165, 1.54) is 12.1 Å². The number of nitrogens with two attached hydrogens (primary N) is 1. The van der Waals surface area contributed by atoms with Gasteiger partial charge in [0.1, 0.15) is 5.82 Å². The van der Waals surface area contributed by atoms with Gasteiger partial charge in [-0.05, 0) is 30.5 Å². The lowest BCUT2D eigenvalue weighted by Gasteiger charge is -2.15. The third kappa shape index (κ3) is 4.70. The van der Waals surface area contributed by atoms with Gasteiger partial charge in [-0.3, -0.25) is 11.3 Å². The van der Waals surface area contributed by atoms with Gasteiger partial charge in [0.15, 0.2) is 0 Å². The number of nitrogens with one attached hydrogen (secondary N) is 1. The minimum Gasteiger partial charge on any atom is -0.380 e. The van der Waals surface area contributed by atoms with E-state index in [0.717, 1.165) is 18.6 Å². The molecule has 0 aliphatic heterocycles. The number of hydrogen-bond donors (Lipinski definition) is 2. The van der Waals surface area contributed by atoms with E-state index in [2.05, 4.69) is 12.3 Å². The Morgan fingerprint density at radius 1 is 1.50 bits per heavy atom. The third-order valence-electron chi connectivity index (χ3n) is 2.27. The van der Waals surface area contributed by atoms with Crippen LogP contribution in [0.3, 0.4) is 0 Å². The summed E-state index contributed by atoms with van der Waals surface area (Å²) in [7, 11) is 0. The van der Waals surface area contributed by atoms with Gasteiger partial charge in [0, 0.05) is 12.6 Å². The zero-order chi connectivity index (χ0) is 11.8. The van der Waals surface area contributed by atoms with Crippen molar-refractivity contribution >= 4 is 0 Å². The van der Waals surface area contributed by atoms with Crippen LogP contribution in [0.15, 0.2) is 24.3 Å². The van der Waals surface area contributed by atoms with Crippen LogP contribution in [0, 0.1) is 5.82 Å². The van der Waals surface area contributed by atoms with Gasteiger partial charge in [0.25, 0.3) is 0 Å². The summed E-state index contributed by atoms with van der Waals surface area (Å²) in [5.41, 5.74) is 3.60. The fourth-order valence-corrected chi connectivity index (χ4v) is 1.48. The number of ether oxygens (including phenoxy) is 1. The van der Waals surface area contributed by atoms with Gasteiger partial charge < -0.3 is 4.74 Å². The van der Waals surface area contributed by atoms with Crippen molar-refractivity contribution < 1.29 is 9.13 Å². The average Bonchev–Trinajstić information content (AvgIpc) is 2.28. The SMILES string of the molecule is CCCOCC(Cc1cccc(F)c1)NN. The summed E-state index contributed by atoms with van der Waals surface area (Å²) in [6.07, 6.45) is 1.65. The molecule has 0 saturated heterocycles. The normalized spacial score (nSPS) is 12.7. The van der Waals surface area contributed by atoms with Crippen molar-refractivity contribution in [2.24, 2.45) is 5.84 Å². The highest BCUT2D eigenvalue weighted by atomic mass is 19.1. The first-order valence-corrected chi connectivity index (χ1v) is 5.54. The predicted molar refractivity (Wildman–Crippen MR) is 62.3 cm³/mol. The Balaban J connectivity index is 2.43. The van der Waals surface area contributed by atoms with E-state index in [9.17, 15) is 4.39 Å². The van der Waals surface area contributed by atoms with Crippen molar-refractivity contribution in [3.8, 4) is 0 Å². The second kappa shape index (κ2) is 7.33. The van der Waals surface area contributed by atoms with Crippen LogP contribution in [-0.4, -0.2) is 19.3 Å². The molecule has 0 radical (unpaired) electrons. The Labute approximate surface area is 95.8 Å². The molecule has 0 fully saturated rings. The molecule has 3 nitrogen and oxygen atoms in total. The minimum atomic E-state index is -0.220. The van der Waals surface area contributed by atoms with Gasteiger partial charge in [-0.25, -0.2) is 4.39 Å². The summed E-state index contributed by atoms with van der Waals surface area (Å²) in [5.74, 6) is 5.20. The zero-order valence-corrected chi connectivity index (χ0v) is 9.58. The van der Waals surface area contributed by atoms with Crippen molar-refractivity contribution in [3.05, 3.63) is 35.6 Å². The first-order valence-electron chi connectivity index (χ1n) is 5.54. The van der Waals surface area contributed by atoms with Gasteiger partial charge in [0.2, 0.25) is 0 Å². The molecule has 1 aromatic carbocycles. The summed E-state index contributed by atoms with van der Waals surface area (Å²) in [6, 6.07) is 6.55. The molecule has 4 heteroatoms. The summed E-state index contributed by atoms with van der Waals surface area (Å²) in [4.78, 5) is 0. The van der Waals surface area contributed by atoms with Crippen LogP contribution >= 0.6 is 0 Å². The average molecular weight is 226 g/mol. The Morgan fingerprint density at radius 3 is 2.94 bits per heavy atom. The van der Waals surface area contributed by atoms with E-state index in [0.29, 0.717) is 13.0 Å². The lowest BCUT2D eigenvalue weighted by molar-refractivity contribution is 0.112. The highest BCUT2D eigenvalue weighted by Crippen LogP contribution is 2.06. The molecule has 1 rings (SSSR count). The number of rotatable bonds is 7. The van der Waals surface area contributed by atoms with Crippen molar-refractivity contribution in [2.75, 3.05) is 13.2 Å². The van der Waals surface area contributed by atoms with E-state index < -0.39 is 0 Å². The Kier molecular flexibility index (Phi) is 6.00. The summed E-state index contributed by atoms with van der Waals surface area (Å²) < 4.78 is 18.3. The molecular weight excluding hydrogens is 207 g/mol. The predicted octanol–water partition coefficient (Wildman–Crippen LogP) is 1.63. The quantitative estimate of drug-likeness (QED) is 0.422. The van der Waals surface area contributed by atoms with Crippen LogP contribution in [-0.2, 0) is 11.2 Å². The van der Waals surface area contributed by atoms with E-state index in [1.807, 2.05) is 6.07 Å². The van der Waals surface area contributed by atoms with Crippen LogP contribution in [0.2, 0.25) is 0 Å². The number of hydrogen-bond acceptors (Lipinski definition) is 3. The number of hydrazine groups is 1. The highest BCUT2D eigenvalue weighted by molar-refractivity contribution is 5.17. The first-order chi connectivity index (χ1) is 7.76. The maximum absolute atomic E-state index is 12.9. The lowest BCUT2D eigenvalue weighted by atomic mass is 10.1. The van der Waals surface area contributed by atoms with Crippen LogP contribution in [0.25, 0.3) is 0 Å².